The summed E-state index contributed by atoms with van der Waals surface area (Å²) in [5.41, 5.74) is 1.54. The van der Waals surface area contributed by atoms with Crippen LogP contribution >= 0.6 is 0 Å². The summed E-state index contributed by atoms with van der Waals surface area (Å²) in [6.45, 7) is 7.27. The second-order valence-electron chi connectivity index (χ2n) is 7.25. The number of amides is 2. The maximum absolute atomic E-state index is 12.3. The molecule has 132 valence electrons. The second-order valence-corrected chi connectivity index (χ2v) is 7.25. The molecule has 0 unspecified atom stereocenters. The van der Waals surface area contributed by atoms with E-state index in [2.05, 4.69) is 26.1 Å². The Labute approximate surface area is 145 Å². The van der Waals surface area contributed by atoms with Crippen LogP contribution in [0.4, 0.5) is 5.69 Å². The highest BCUT2D eigenvalue weighted by atomic mass is 16.2. The summed E-state index contributed by atoms with van der Waals surface area (Å²) >= 11 is 0. The fourth-order valence-electron chi connectivity index (χ4n) is 3.08. The van der Waals surface area contributed by atoms with Crippen LogP contribution in [-0.4, -0.2) is 24.4 Å². The van der Waals surface area contributed by atoms with Crippen LogP contribution in [0.3, 0.4) is 0 Å². The van der Waals surface area contributed by atoms with E-state index >= 15 is 0 Å². The van der Waals surface area contributed by atoms with Gasteiger partial charge in [-0.05, 0) is 56.4 Å². The molecule has 4 heteroatoms. The van der Waals surface area contributed by atoms with E-state index in [1.54, 1.807) is 0 Å². The van der Waals surface area contributed by atoms with Gasteiger partial charge in [-0.2, -0.15) is 0 Å². The normalized spacial score (nSPS) is 16.3. The van der Waals surface area contributed by atoms with E-state index in [1.165, 1.54) is 6.42 Å². The molecule has 0 radical (unpaired) electrons. The number of nitrogens with one attached hydrogen (secondary N) is 1. The minimum absolute atomic E-state index is 0.0384. The number of carbonyl (C=O) groups excluding carboxylic acids is 2. The van der Waals surface area contributed by atoms with Gasteiger partial charge in [0.05, 0.1) is 0 Å². The monoisotopic (exact) mass is 330 g/mol. The molecule has 1 aromatic carbocycles. The van der Waals surface area contributed by atoms with Crippen molar-refractivity contribution in [3.63, 3.8) is 0 Å². The van der Waals surface area contributed by atoms with Crippen molar-refractivity contribution in [2.45, 2.75) is 65.3 Å². The zero-order valence-corrected chi connectivity index (χ0v) is 15.2. The van der Waals surface area contributed by atoms with Crippen LogP contribution in [0, 0.1) is 5.92 Å². The lowest BCUT2D eigenvalue weighted by atomic mass is 10.0. The molecule has 0 aromatic heterocycles. The van der Waals surface area contributed by atoms with E-state index in [9.17, 15) is 9.59 Å². The topological polar surface area (TPSA) is 49.4 Å². The van der Waals surface area contributed by atoms with Gasteiger partial charge < -0.3 is 10.2 Å². The van der Waals surface area contributed by atoms with E-state index < -0.39 is 0 Å². The Kier molecular flexibility index (Phi) is 6.83. The molecule has 0 spiro atoms. The summed E-state index contributed by atoms with van der Waals surface area (Å²) in [6.07, 6.45) is 5.97. The standard InChI is InChI=1S/C20H30N2O2/c1-15(2)7-6-8-16(3)21-20(24)17-10-12-18(13-11-17)22-14-5-4-9-19(22)23/h10-13,15-16H,4-9,14H2,1-3H3,(H,21,24)/t16-/m0/s1. The molecular weight excluding hydrogens is 300 g/mol. The summed E-state index contributed by atoms with van der Waals surface area (Å²) < 4.78 is 0. The number of hydrogen-bond donors (Lipinski definition) is 1. The number of anilines is 1. The number of nitrogens with zero attached hydrogens (tertiary/aromatic N) is 1. The average Bonchev–Trinajstić information content (AvgIpc) is 2.55. The molecule has 1 aliphatic heterocycles. The lowest BCUT2D eigenvalue weighted by molar-refractivity contribution is -0.119. The van der Waals surface area contributed by atoms with Crippen molar-refractivity contribution in [2.75, 3.05) is 11.4 Å². The third-order valence-corrected chi connectivity index (χ3v) is 4.56. The molecule has 1 N–H and O–H groups in total. The van der Waals surface area contributed by atoms with Crippen molar-refractivity contribution in [3.8, 4) is 0 Å². The fraction of sp³-hybridized carbons (Fsp3) is 0.600. The molecule has 1 saturated heterocycles. The smallest absolute Gasteiger partial charge is 0.251 e. The van der Waals surface area contributed by atoms with Gasteiger partial charge in [0.2, 0.25) is 5.91 Å². The van der Waals surface area contributed by atoms with Crippen LogP contribution in [0.2, 0.25) is 0 Å². The van der Waals surface area contributed by atoms with Crippen LogP contribution in [-0.2, 0) is 4.79 Å². The molecule has 0 aliphatic carbocycles. The van der Waals surface area contributed by atoms with Crippen molar-refractivity contribution in [1.29, 1.82) is 0 Å². The number of rotatable bonds is 7. The molecule has 1 heterocycles. The minimum Gasteiger partial charge on any atom is -0.350 e. The van der Waals surface area contributed by atoms with Crippen molar-refractivity contribution >= 4 is 17.5 Å². The molecule has 4 nitrogen and oxygen atoms in total. The molecule has 0 bridgehead atoms. The molecule has 1 aliphatic rings. The van der Waals surface area contributed by atoms with E-state index in [-0.39, 0.29) is 17.9 Å². The van der Waals surface area contributed by atoms with Gasteiger partial charge in [0.15, 0.2) is 0 Å². The van der Waals surface area contributed by atoms with Crippen molar-refractivity contribution in [3.05, 3.63) is 29.8 Å². The second kappa shape index (κ2) is 8.86. The Morgan fingerprint density at radius 2 is 1.83 bits per heavy atom. The van der Waals surface area contributed by atoms with Gasteiger partial charge in [-0.15, -0.1) is 0 Å². The summed E-state index contributed by atoms with van der Waals surface area (Å²) in [5, 5.41) is 3.06. The minimum atomic E-state index is -0.0384. The highest BCUT2D eigenvalue weighted by molar-refractivity contribution is 5.97. The third kappa shape index (κ3) is 5.36. The summed E-state index contributed by atoms with van der Waals surface area (Å²) in [7, 11) is 0. The van der Waals surface area contributed by atoms with E-state index in [0.29, 0.717) is 17.9 Å². The van der Waals surface area contributed by atoms with Crippen LogP contribution < -0.4 is 10.2 Å². The largest absolute Gasteiger partial charge is 0.350 e. The highest BCUT2D eigenvalue weighted by Gasteiger charge is 2.19. The molecule has 1 aromatic rings. The maximum atomic E-state index is 12.3. The van der Waals surface area contributed by atoms with Gasteiger partial charge in [0.25, 0.3) is 5.91 Å². The summed E-state index contributed by atoms with van der Waals surface area (Å²) in [4.78, 5) is 26.1. The summed E-state index contributed by atoms with van der Waals surface area (Å²) in [6, 6.07) is 7.56. The van der Waals surface area contributed by atoms with Gasteiger partial charge >= 0.3 is 0 Å². The van der Waals surface area contributed by atoms with Crippen molar-refractivity contribution in [2.24, 2.45) is 5.92 Å². The number of piperidine rings is 1. The van der Waals surface area contributed by atoms with E-state index in [1.807, 2.05) is 29.2 Å². The first-order valence-electron chi connectivity index (χ1n) is 9.18. The number of carbonyl (C=O) groups is 2. The predicted octanol–water partition coefficient (Wildman–Crippen LogP) is 4.15. The third-order valence-electron chi connectivity index (χ3n) is 4.56. The van der Waals surface area contributed by atoms with Crippen LogP contribution in [0.25, 0.3) is 0 Å². The number of hydrogen-bond acceptors (Lipinski definition) is 2. The zero-order valence-electron chi connectivity index (χ0n) is 15.2. The highest BCUT2D eigenvalue weighted by Crippen LogP contribution is 2.21. The molecule has 2 rings (SSSR count). The summed E-state index contributed by atoms with van der Waals surface area (Å²) in [5.74, 6) is 0.846. The Morgan fingerprint density at radius 3 is 2.46 bits per heavy atom. The van der Waals surface area contributed by atoms with Crippen LogP contribution in [0.5, 0.6) is 0 Å². The lowest BCUT2D eigenvalue weighted by Gasteiger charge is -2.26. The van der Waals surface area contributed by atoms with Crippen molar-refractivity contribution in [1.82, 2.24) is 5.32 Å². The van der Waals surface area contributed by atoms with Gasteiger partial charge in [0, 0.05) is 30.3 Å². The maximum Gasteiger partial charge on any atom is 0.251 e. The fourth-order valence-corrected chi connectivity index (χ4v) is 3.08. The van der Waals surface area contributed by atoms with Gasteiger partial charge in [-0.3, -0.25) is 9.59 Å². The van der Waals surface area contributed by atoms with Gasteiger partial charge in [0.1, 0.15) is 0 Å². The van der Waals surface area contributed by atoms with Crippen LogP contribution in [0.15, 0.2) is 24.3 Å². The Hall–Kier alpha value is -1.84. The first-order valence-corrected chi connectivity index (χ1v) is 9.18. The molecule has 1 atom stereocenters. The van der Waals surface area contributed by atoms with E-state index in [0.717, 1.165) is 37.9 Å². The first kappa shape index (κ1) is 18.5. The molecule has 24 heavy (non-hydrogen) atoms. The molecule has 1 fully saturated rings. The molecule has 0 saturated carbocycles. The van der Waals surface area contributed by atoms with Crippen LogP contribution in [0.1, 0.15) is 69.7 Å². The first-order chi connectivity index (χ1) is 11.5. The Bertz CT molecular complexity index is 551. The molecular formula is C20H30N2O2. The Morgan fingerprint density at radius 1 is 1.12 bits per heavy atom. The Balaban J connectivity index is 1.87. The van der Waals surface area contributed by atoms with Gasteiger partial charge in [-0.1, -0.05) is 26.7 Å². The predicted molar refractivity (Wildman–Crippen MR) is 98.3 cm³/mol. The quantitative estimate of drug-likeness (QED) is 0.816. The van der Waals surface area contributed by atoms with E-state index in [4.69, 9.17) is 0 Å². The number of benzene rings is 1. The SMILES string of the molecule is CC(C)CCC[C@H](C)NC(=O)c1ccc(N2CCCCC2=O)cc1. The molecule has 2 amide bonds. The van der Waals surface area contributed by atoms with Gasteiger partial charge in [-0.25, -0.2) is 0 Å². The zero-order chi connectivity index (χ0) is 17.5. The average molecular weight is 330 g/mol. The lowest BCUT2D eigenvalue weighted by Crippen LogP contribution is -2.35. The van der Waals surface area contributed by atoms with Crippen molar-refractivity contribution < 1.29 is 9.59 Å².